The highest BCUT2D eigenvalue weighted by Gasteiger charge is 2.41. The first kappa shape index (κ1) is 49.1. The Morgan fingerprint density at radius 1 is 0.883 bits per heavy atom. The van der Waals surface area contributed by atoms with Crippen molar-refractivity contribution in [1.82, 2.24) is 36.1 Å². The van der Waals surface area contributed by atoms with Gasteiger partial charge >= 0.3 is 5.97 Å². The van der Waals surface area contributed by atoms with Crippen LogP contribution in [0.25, 0.3) is 10.9 Å². The lowest BCUT2D eigenvalue weighted by Gasteiger charge is -2.33. The molecule has 334 valence electrons. The summed E-state index contributed by atoms with van der Waals surface area (Å²) in [5, 5.41) is 25.0. The van der Waals surface area contributed by atoms with Crippen LogP contribution in [0, 0.1) is 11.3 Å². The highest BCUT2D eigenvalue weighted by molar-refractivity contribution is 5.97. The predicted octanol–water partition coefficient (Wildman–Crippen LogP) is 0.598. The van der Waals surface area contributed by atoms with E-state index in [1.807, 2.05) is 55.9 Å². The van der Waals surface area contributed by atoms with E-state index in [0.29, 0.717) is 58.0 Å². The molecule has 2 heterocycles. The van der Waals surface area contributed by atoms with Crippen LogP contribution in [0.2, 0.25) is 0 Å². The molecule has 6 atom stereocenters. The molecule has 3 rings (SSSR count). The summed E-state index contributed by atoms with van der Waals surface area (Å²) in [7, 11) is 3.53. The molecule has 0 bridgehead atoms. The van der Waals surface area contributed by atoms with Crippen LogP contribution in [0.15, 0.2) is 35.5 Å². The highest BCUT2D eigenvalue weighted by Crippen LogP contribution is 2.25. The number of guanidine groups is 1. The van der Waals surface area contributed by atoms with Gasteiger partial charge in [-0.05, 0) is 87.9 Å². The molecule has 12 N–H and O–H groups in total. The van der Waals surface area contributed by atoms with Crippen LogP contribution < -0.4 is 43.8 Å². The number of fused-ring (bicyclic) bond motifs is 1. The van der Waals surface area contributed by atoms with E-state index >= 15 is 0 Å². The van der Waals surface area contributed by atoms with Crippen molar-refractivity contribution < 1.29 is 33.9 Å². The number of aryl methyl sites for hydroxylation is 1. The molecule has 18 nitrogen and oxygen atoms in total. The Morgan fingerprint density at radius 2 is 1.53 bits per heavy atom. The van der Waals surface area contributed by atoms with Crippen molar-refractivity contribution in [3.05, 3.63) is 36.0 Å². The molecule has 1 aromatic heterocycles. The van der Waals surface area contributed by atoms with E-state index in [0.717, 1.165) is 16.5 Å². The van der Waals surface area contributed by atoms with Crippen molar-refractivity contribution in [3.8, 4) is 0 Å². The minimum absolute atomic E-state index is 0.0213. The van der Waals surface area contributed by atoms with E-state index < -0.39 is 71.3 Å². The summed E-state index contributed by atoms with van der Waals surface area (Å²) < 4.78 is 1.92. The quantitative estimate of drug-likeness (QED) is 0.0425. The van der Waals surface area contributed by atoms with Gasteiger partial charge in [0.15, 0.2) is 5.96 Å². The number of nitrogens with zero attached hydrogens (tertiary/aromatic N) is 3. The maximum Gasteiger partial charge on any atom is 0.326 e. The molecule has 1 aliphatic heterocycles. The number of rotatable bonds is 23. The molecule has 18 heteroatoms. The third-order valence-electron chi connectivity index (χ3n) is 10.8. The fraction of sp³-hybridized carbons (Fsp3) is 0.643. The molecule has 0 spiro atoms. The number of aromatic nitrogens is 1. The first-order chi connectivity index (χ1) is 28.3. The van der Waals surface area contributed by atoms with E-state index in [1.165, 1.54) is 4.90 Å². The highest BCUT2D eigenvalue weighted by atomic mass is 16.4. The summed E-state index contributed by atoms with van der Waals surface area (Å²) >= 11 is 0. The fourth-order valence-corrected chi connectivity index (χ4v) is 7.59. The van der Waals surface area contributed by atoms with Crippen molar-refractivity contribution in [2.45, 2.75) is 129 Å². The molecule has 5 amide bonds. The monoisotopic (exact) mass is 840 g/mol. The molecule has 60 heavy (non-hydrogen) atoms. The van der Waals surface area contributed by atoms with Crippen molar-refractivity contribution in [3.63, 3.8) is 0 Å². The molecule has 0 saturated carbocycles. The van der Waals surface area contributed by atoms with Crippen LogP contribution in [0.3, 0.4) is 0 Å². The molecule has 1 saturated heterocycles. The zero-order valence-electron chi connectivity index (χ0n) is 36.4. The second-order valence-corrected chi connectivity index (χ2v) is 17.2. The number of nitrogens with two attached hydrogens (primary N) is 3. The van der Waals surface area contributed by atoms with Gasteiger partial charge in [-0.1, -0.05) is 52.8 Å². The summed E-state index contributed by atoms with van der Waals surface area (Å²) in [5.41, 5.74) is 17.4. The van der Waals surface area contributed by atoms with Crippen molar-refractivity contribution in [1.29, 1.82) is 0 Å². The number of unbranched alkanes of at least 4 members (excludes halogenated alkanes) is 1. The molecular weight excluding hydrogens is 771 g/mol. The SMILES string of the molecule is CN[C@@H](CCCN=C(N)N)C(=O)N[C@@H](CCCCN)C(=O)N1CCC[C@H]1C(=O)N[C@@H](Cc1cn(C)c2ccccc12)C(=O)N[C@H](C(=O)N[C@@H](CC(C)C)C(=O)O)C(C)(C)C. The minimum Gasteiger partial charge on any atom is -0.480 e. The average molecular weight is 840 g/mol. The van der Waals surface area contributed by atoms with Gasteiger partial charge in [-0.15, -0.1) is 0 Å². The number of hydrogen-bond donors (Lipinski definition) is 9. The van der Waals surface area contributed by atoms with Gasteiger partial charge in [0, 0.05) is 43.7 Å². The summed E-state index contributed by atoms with van der Waals surface area (Å²) in [5.74, 6) is -3.91. The van der Waals surface area contributed by atoms with Crippen molar-refractivity contribution in [2.75, 3.05) is 26.7 Å². The normalized spacial score (nSPS) is 16.7. The largest absolute Gasteiger partial charge is 0.480 e. The number of carbonyl (C=O) groups is 6. The Labute approximate surface area is 353 Å². The summed E-state index contributed by atoms with van der Waals surface area (Å²) in [4.78, 5) is 87.8. The number of nitrogens with one attached hydrogen (secondary N) is 5. The van der Waals surface area contributed by atoms with Gasteiger partial charge in [0.25, 0.3) is 0 Å². The zero-order valence-corrected chi connectivity index (χ0v) is 36.4. The number of carboxylic acid groups (broad SMARTS) is 1. The van der Waals surface area contributed by atoms with Crippen molar-refractivity contribution in [2.24, 2.45) is 40.6 Å². The third kappa shape index (κ3) is 14.2. The van der Waals surface area contributed by atoms with Crippen LogP contribution in [0.1, 0.15) is 91.5 Å². The molecule has 0 unspecified atom stereocenters. The van der Waals surface area contributed by atoms with Crippen LogP contribution in [0.5, 0.6) is 0 Å². The lowest BCUT2D eigenvalue weighted by Crippen LogP contribution is -2.61. The molecule has 1 fully saturated rings. The van der Waals surface area contributed by atoms with E-state index in [4.69, 9.17) is 17.2 Å². The molecule has 0 radical (unpaired) electrons. The number of para-hydroxylation sites is 1. The number of aliphatic imine (C=N–C) groups is 1. The number of benzene rings is 1. The molecular formula is C42H69N11O7. The Bertz CT molecular complexity index is 1820. The Kier molecular flexibility index (Phi) is 18.8. The zero-order chi connectivity index (χ0) is 44.7. The fourth-order valence-electron chi connectivity index (χ4n) is 7.59. The van der Waals surface area contributed by atoms with Gasteiger partial charge < -0.3 is 58.4 Å². The Balaban J connectivity index is 1.92. The van der Waals surface area contributed by atoms with Gasteiger partial charge in [0.05, 0.1) is 6.04 Å². The maximum absolute atomic E-state index is 14.4. The van der Waals surface area contributed by atoms with E-state index in [1.54, 1.807) is 27.8 Å². The first-order valence-corrected chi connectivity index (χ1v) is 21.0. The van der Waals surface area contributed by atoms with Crippen LogP contribution in [-0.2, 0) is 42.2 Å². The Hall–Kier alpha value is -5.23. The molecule has 1 aromatic carbocycles. The van der Waals surface area contributed by atoms with Gasteiger partial charge in [-0.2, -0.15) is 0 Å². The first-order valence-electron chi connectivity index (χ1n) is 21.0. The van der Waals surface area contributed by atoms with E-state index in [2.05, 4.69) is 31.6 Å². The van der Waals surface area contributed by atoms with Gasteiger partial charge in [0.2, 0.25) is 29.5 Å². The minimum atomic E-state index is -1.19. The standard InChI is InChI=1S/C42H69N11O7/c1-25(2)22-31(40(59)60)50-38(57)34(42(3,4)5)51-36(55)30(23-26-24-52(7)32-17-9-8-14-27(26)32)49-37(56)33-18-13-21-53(33)39(58)29(15-10-11-19-43)48-35(54)28(46-6)16-12-20-47-41(44)45/h8-9,14,17,24-25,28-31,33-34,46H,10-13,15-16,18-23,43H2,1-7H3,(H,48,54)(H,49,56)(H,50,57)(H,51,55)(H,59,60)(H4,44,45,47)/t28-,29-,30-,31-,33-,34+/m0/s1. The number of aliphatic carboxylic acids is 1. The third-order valence-corrected chi connectivity index (χ3v) is 10.8. The number of carboxylic acids is 1. The number of amides is 5. The maximum atomic E-state index is 14.4. The van der Waals surface area contributed by atoms with Crippen LogP contribution in [0.4, 0.5) is 0 Å². The predicted molar refractivity (Wildman–Crippen MR) is 231 cm³/mol. The van der Waals surface area contributed by atoms with Crippen molar-refractivity contribution >= 4 is 52.4 Å². The molecule has 0 aliphatic carbocycles. The Morgan fingerprint density at radius 3 is 2.15 bits per heavy atom. The number of hydrogen-bond acceptors (Lipinski definition) is 9. The second-order valence-electron chi connectivity index (χ2n) is 17.2. The van der Waals surface area contributed by atoms with E-state index in [9.17, 15) is 33.9 Å². The van der Waals surface area contributed by atoms with E-state index in [-0.39, 0.29) is 37.2 Å². The van der Waals surface area contributed by atoms with Gasteiger partial charge in [-0.25, -0.2) is 4.79 Å². The number of carbonyl (C=O) groups excluding carboxylic acids is 5. The molecule has 1 aliphatic rings. The number of likely N-dealkylation sites (tertiary alicyclic amines) is 1. The summed E-state index contributed by atoms with van der Waals surface area (Å²) in [6.45, 7) is 9.97. The topological polar surface area (TPSA) is 281 Å². The lowest BCUT2D eigenvalue weighted by molar-refractivity contribution is -0.143. The lowest BCUT2D eigenvalue weighted by atomic mass is 9.85. The molecule has 2 aromatic rings. The summed E-state index contributed by atoms with van der Waals surface area (Å²) in [6, 6.07) is 1.62. The van der Waals surface area contributed by atoms with Crippen LogP contribution >= 0.6 is 0 Å². The smallest absolute Gasteiger partial charge is 0.326 e. The average Bonchev–Trinajstić information content (AvgIpc) is 3.79. The second kappa shape index (κ2) is 23.0. The summed E-state index contributed by atoms with van der Waals surface area (Å²) in [6.07, 6.45) is 5.40. The van der Waals surface area contributed by atoms with Crippen LogP contribution in [-0.4, -0.2) is 119 Å². The van der Waals surface area contributed by atoms with Gasteiger partial charge in [0.1, 0.15) is 30.2 Å². The van der Waals surface area contributed by atoms with Gasteiger partial charge in [-0.3, -0.25) is 29.0 Å². The number of likely N-dealkylation sites (N-methyl/N-ethyl adjacent to an activating group) is 1.